The molecule has 0 saturated carbocycles. The molecule has 16 heavy (non-hydrogen) atoms. The maximum absolute atomic E-state index is 5.82. The number of ether oxygens (including phenoxy) is 2. The van der Waals surface area contributed by atoms with Gasteiger partial charge in [0.25, 0.3) is 0 Å². The fourth-order valence-corrected chi connectivity index (χ4v) is 1.57. The second-order valence-electron chi connectivity index (χ2n) is 3.65. The minimum Gasteiger partial charge on any atom is -0.504 e. The third kappa shape index (κ3) is 2.89. The van der Waals surface area contributed by atoms with E-state index in [2.05, 4.69) is 18.8 Å². The average Bonchev–Trinajstić information content (AvgIpc) is 2.26. The smallest absolute Gasteiger partial charge is 0.222 e. The van der Waals surface area contributed by atoms with Gasteiger partial charge < -0.3 is 9.47 Å². The Labute approximate surface area is 101 Å². The number of rotatable bonds is 4. The second-order valence-corrected chi connectivity index (χ2v) is 4.04. The molecule has 0 aliphatic carbocycles. The van der Waals surface area contributed by atoms with Crippen molar-refractivity contribution >= 4 is 17.2 Å². The van der Waals surface area contributed by atoms with Gasteiger partial charge in [0.15, 0.2) is 0 Å². The molecule has 1 aromatic heterocycles. The summed E-state index contributed by atoms with van der Waals surface area (Å²) in [5.74, 6) is 0.835. The van der Waals surface area contributed by atoms with Crippen molar-refractivity contribution in [2.45, 2.75) is 13.8 Å². The SMILES string of the molecule is COC=C(c1ccc(Cl)nc1OC)C(C)C. The Kier molecular flexibility index (Phi) is 4.62. The van der Waals surface area contributed by atoms with Crippen molar-refractivity contribution in [3.63, 3.8) is 0 Å². The third-order valence-electron chi connectivity index (χ3n) is 2.20. The average molecular weight is 242 g/mol. The van der Waals surface area contributed by atoms with Crippen molar-refractivity contribution in [1.29, 1.82) is 0 Å². The first-order chi connectivity index (χ1) is 7.60. The van der Waals surface area contributed by atoms with Crippen LogP contribution in [-0.4, -0.2) is 19.2 Å². The monoisotopic (exact) mass is 241 g/mol. The summed E-state index contributed by atoms with van der Waals surface area (Å²) in [6, 6.07) is 3.63. The summed E-state index contributed by atoms with van der Waals surface area (Å²) >= 11 is 5.82. The van der Waals surface area contributed by atoms with E-state index in [1.807, 2.05) is 6.07 Å². The predicted molar refractivity (Wildman–Crippen MR) is 65.6 cm³/mol. The molecule has 0 saturated heterocycles. The highest BCUT2D eigenvalue weighted by Crippen LogP contribution is 2.30. The molecule has 88 valence electrons. The minimum atomic E-state index is 0.317. The van der Waals surface area contributed by atoms with Gasteiger partial charge in [-0.25, -0.2) is 4.98 Å². The normalized spacial score (nSPS) is 11.8. The largest absolute Gasteiger partial charge is 0.504 e. The summed E-state index contributed by atoms with van der Waals surface area (Å²) in [7, 11) is 3.20. The zero-order valence-electron chi connectivity index (χ0n) is 9.95. The number of methoxy groups -OCH3 is 2. The molecule has 1 aromatic rings. The van der Waals surface area contributed by atoms with Gasteiger partial charge in [0.2, 0.25) is 5.88 Å². The van der Waals surface area contributed by atoms with Gasteiger partial charge in [-0.2, -0.15) is 0 Å². The van der Waals surface area contributed by atoms with Crippen LogP contribution in [0.2, 0.25) is 5.15 Å². The molecular formula is C12H16ClNO2. The van der Waals surface area contributed by atoms with Crippen LogP contribution in [0.15, 0.2) is 18.4 Å². The topological polar surface area (TPSA) is 31.4 Å². The maximum atomic E-state index is 5.82. The van der Waals surface area contributed by atoms with Crippen molar-refractivity contribution in [3.05, 3.63) is 29.1 Å². The Bertz CT molecular complexity index is 389. The number of pyridine rings is 1. The highest BCUT2D eigenvalue weighted by Gasteiger charge is 2.14. The Morgan fingerprint density at radius 2 is 2.06 bits per heavy atom. The molecule has 0 aliphatic heterocycles. The van der Waals surface area contributed by atoms with E-state index in [0.29, 0.717) is 17.0 Å². The van der Waals surface area contributed by atoms with Gasteiger partial charge in [-0.3, -0.25) is 0 Å². The van der Waals surface area contributed by atoms with Crippen LogP contribution in [0.3, 0.4) is 0 Å². The molecule has 0 aromatic carbocycles. The Morgan fingerprint density at radius 3 is 2.56 bits per heavy atom. The van der Waals surface area contributed by atoms with Gasteiger partial charge in [-0.1, -0.05) is 25.4 Å². The van der Waals surface area contributed by atoms with E-state index >= 15 is 0 Å². The van der Waals surface area contributed by atoms with Crippen molar-refractivity contribution in [1.82, 2.24) is 4.98 Å². The van der Waals surface area contributed by atoms with Crippen molar-refractivity contribution < 1.29 is 9.47 Å². The summed E-state index contributed by atoms with van der Waals surface area (Å²) in [6.07, 6.45) is 1.71. The molecule has 0 fully saturated rings. The fraction of sp³-hybridized carbons (Fsp3) is 0.417. The predicted octanol–water partition coefficient (Wildman–Crippen LogP) is 3.39. The second kappa shape index (κ2) is 5.75. The summed E-state index contributed by atoms with van der Waals surface area (Å²) in [6.45, 7) is 4.16. The van der Waals surface area contributed by atoms with E-state index in [9.17, 15) is 0 Å². The molecule has 0 N–H and O–H groups in total. The number of hydrogen-bond donors (Lipinski definition) is 0. The molecule has 0 spiro atoms. The van der Waals surface area contributed by atoms with Gasteiger partial charge in [-0.15, -0.1) is 0 Å². The summed E-state index contributed by atoms with van der Waals surface area (Å²) in [4.78, 5) is 4.12. The minimum absolute atomic E-state index is 0.317. The maximum Gasteiger partial charge on any atom is 0.222 e. The Morgan fingerprint density at radius 1 is 1.38 bits per heavy atom. The summed E-state index contributed by atoms with van der Waals surface area (Å²) in [5.41, 5.74) is 1.94. The van der Waals surface area contributed by atoms with Crippen LogP contribution in [0, 0.1) is 5.92 Å². The van der Waals surface area contributed by atoms with Crippen LogP contribution >= 0.6 is 11.6 Å². The van der Waals surface area contributed by atoms with Crippen LogP contribution in [0.5, 0.6) is 5.88 Å². The molecule has 0 unspecified atom stereocenters. The van der Waals surface area contributed by atoms with Crippen LogP contribution < -0.4 is 4.74 Å². The Balaban J connectivity index is 3.24. The molecule has 0 aliphatic rings. The number of hydrogen-bond acceptors (Lipinski definition) is 3. The standard InChI is InChI=1S/C12H16ClNO2/c1-8(2)10(7-15-3)9-5-6-11(13)14-12(9)16-4/h5-8H,1-4H3. The highest BCUT2D eigenvalue weighted by molar-refractivity contribution is 6.29. The first-order valence-corrected chi connectivity index (χ1v) is 5.41. The van der Waals surface area contributed by atoms with Crippen LogP contribution in [0.1, 0.15) is 19.4 Å². The zero-order valence-corrected chi connectivity index (χ0v) is 10.7. The number of aromatic nitrogens is 1. The molecule has 1 rings (SSSR count). The van der Waals surface area contributed by atoms with E-state index in [4.69, 9.17) is 21.1 Å². The van der Waals surface area contributed by atoms with Gasteiger partial charge in [0.1, 0.15) is 5.15 Å². The molecule has 0 atom stereocenters. The molecule has 1 heterocycles. The lowest BCUT2D eigenvalue weighted by Crippen LogP contribution is -2.00. The third-order valence-corrected chi connectivity index (χ3v) is 2.41. The lowest BCUT2D eigenvalue weighted by Gasteiger charge is -2.14. The number of nitrogens with zero attached hydrogens (tertiary/aromatic N) is 1. The van der Waals surface area contributed by atoms with E-state index in [1.165, 1.54) is 0 Å². The van der Waals surface area contributed by atoms with E-state index in [0.717, 1.165) is 11.1 Å². The molecular weight excluding hydrogens is 226 g/mol. The number of allylic oxidation sites excluding steroid dienone is 1. The van der Waals surface area contributed by atoms with Gasteiger partial charge in [0, 0.05) is 11.1 Å². The molecule has 0 bridgehead atoms. The zero-order chi connectivity index (χ0) is 12.1. The lowest BCUT2D eigenvalue weighted by atomic mass is 9.97. The first kappa shape index (κ1) is 12.8. The summed E-state index contributed by atoms with van der Waals surface area (Å²) in [5, 5.41) is 0.418. The molecule has 4 heteroatoms. The van der Waals surface area contributed by atoms with Gasteiger partial charge >= 0.3 is 0 Å². The van der Waals surface area contributed by atoms with Crippen molar-refractivity contribution in [3.8, 4) is 5.88 Å². The van der Waals surface area contributed by atoms with Gasteiger partial charge in [0.05, 0.1) is 20.5 Å². The number of halogens is 1. The van der Waals surface area contributed by atoms with E-state index in [-0.39, 0.29) is 0 Å². The van der Waals surface area contributed by atoms with Crippen LogP contribution in [0.25, 0.3) is 5.57 Å². The molecule has 0 amide bonds. The fourth-order valence-electron chi connectivity index (χ4n) is 1.43. The van der Waals surface area contributed by atoms with Crippen molar-refractivity contribution in [2.24, 2.45) is 5.92 Å². The molecule has 3 nitrogen and oxygen atoms in total. The highest BCUT2D eigenvalue weighted by atomic mass is 35.5. The van der Waals surface area contributed by atoms with E-state index < -0.39 is 0 Å². The Hall–Kier alpha value is -1.22. The lowest BCUT2D eigenvalue weighted by molar-refractivity contribution is 0.337. The first-order valence-electron chi connectivity index (χ1n) is 5.04. The van der Waals surface area contributed by atoms with E-state index in [1.54, 1.807) is 26.5 Å². The van der Waals surface area contributed by atoms with Crippen LogP contribution in [-0.2, 0) is 4.74 Å². The van der Waals surface area contributed by atoms with Crippen molar-refractivity contribution in [2.75, 3.05) is 14.2 Å². The van der Waals surface area contributed by atoms with Gasteiger partial charge in [-0.05, 0) is 18.1 Å². The quantitative estimate of drug-likeness (QED) is 0.598. The molecule has 0 radical (unpaired) electrons. The summed E-state index contributed by atoms with van der Waals surface area (Å²) < 4.78 is 10.3. The van der Waals surface area contributed by atoms with Crippen LogP contribution in [0.4, 0.5) is 0 Å².